The summed E-state index contributed by atoms with van der Waals surface area (Å²) >= 11 is 6.13. The maximum atomic E-state index is 6.13. The predicted octanol–water partition coefficient (Wildman–Crippen LogP) is 4.10. The van der Waals surface area contributed by atoms with E-state index in [1.54, 1.807) is 0 Å². The molecule has 2 rings (SSSR count). The second kappa shape index (κ2) is 5.20. The van der Waals surface area contributed by atoms with Gasteiger partial charge < -0.3 is 5.32 Å². The highest BCUT2D eigenvalue weighted by Crippen LogP contribution is 2.41. The molecule has 1 nitrogen and oxygen atoms in total. The molecule has 0 radical (unpaired) electrons. The molecule has 1 aliphatic carbocycles. The van der Waals surface area contributed by atoms with Crippen LogP contribution < -0.4 is 5.32 Å². The van der Waals surface area contributed by atoms with Crippen molar-refractivity contribution >= 4 is 11.6 Å². The second-order valence-corrected chi connectivity index (χ2v) is 5.27. The summed E-state index contributed by atoms with van der Waals surface area (Å²) < 4.78 is 0. The molecule has 0 saturated heterocycles. The largest absolute Gasteiger partial charge is 0.310 e. The molecule has 0 aliphatic heterocycles. The fraction of sp³-hybridized carbons (Fsp3) is 0.571. The van der Waals surface area contributed by atoms with Gasteiger partial charge in [-0.3, -0.25) is 0 Å². The molecule has 0 amide bonds. The molecule has 1 saturated carbocycles. The van der Waals surface area contributed by atoms with Crippen LogP contribution in [-0.4, -0.2) is 6.54 Å². The Bertz CT molecular complexity index is 338. The van der Waals surface area contributed by atoms with Gasteiger partial charge in [0.05, 0.1) is 0 Å². The van der Waals surface area contributed by atoms with E-state index in [9.17, 15) is 0 Å². The highest BCUT2D eigenvalue weighted by atomic mass is 35.5. The lowest BCUT2D eigenvalue weighted by atomic mass is 10.0. The van der Waals surface area contributed by atoms with Crippen LogP contribution in [0.1, 0.15) is 43.4 Å². The summed E-state index contributed by atoms with van der Waals surface area (Å²) in [6.07, 6.45) is 3.89. The minimum absolute atomic E-state index is 0.511. The van der Waals surface area contributed by atoms with E-state index in [1.807, 2.05) is 6.07 Å². The molecule has 0 heterocycles. The fourth-order valence-corrected chi connectivity index (χ4v) is 2.53. The number of nitrogens with one attached hydrogen (secondary N) is 1. The molecule has 1 atom stereocenters. The van der Waals surface area contributed by atoms with Gasteiger partial charge in [-0.05, 0) is 61.9 Å². The normalized spacial score (nSPS) is 17.4. The third-order valence-electron chi connectivity index (χ3n) is 3.13. The summed E-state index contributed by atoms with van der Waals surface area (Å²) in [5, 5.41) is 4.50. The lowest BCUT2D eigenvalue weighted by Gasteiger charge is -2.19. The molecule has 2 heteroatoms. The summed E-state index contributed by atoms with van der Waals surface area (Å²) in [7, 11) is 0. The molecular weight excluding hydrogens is 218 g/mol. The maximum Gasteiger partial charge on any atom is 0.0411 e. The van der Waals surface area contributed by atoms with Gasteiger partial charge in [0.2, 0.25) is 0 Å². The molecular formula is C14H20ClN. The monoisotopic (exact) mass is 237 g/mol. The van der Waals surface area contributed by atoms with Crippen LogP contribution in [-0.2, 0) is 0 Å². The molecule has 0 spiro atoms. The van der Waals surface area contributed by atoms with Gasteiger partial charge in [0.15, 0.2) is 0 Å². The van der Waals surface area contributed by atoms with Crippen LogP contribution in [0.4, 0.5) is 0 Å². The maximum absolute atomic E-state index is 6.13. The van der Waals surface area contributed by atoms with E-state index in [1.165, 1.54) is 30.4 Å². The van der Waals surface area contributed by atoms with E-state index < -0.39 is 0 Å². The van der Waals surface area contributed by atoms with Crippen LogP contribution in [0, 0.1) is 12.8 Å². The van der Waals surface area contributed by atoms with Crippen molar-refractivity contribution in [2.45, 2.75) is 39.2 Å². The van der Waals surface area contributed by atoms with Crippen molar-refractivity contribution in [2.24, 2.45) is 5.92 Å². The van der Waals surface area contributed by atoms with Crippen LogP contribution >= 0.6 is 11.6 Å². The molecule has 0 aromatic heterocycles. The fourth-order valence-electron chi connectivity index (χ4n) is 2.23. The van der Waals surface area contributed by atoms with Gasteiger partial charge in [0.1, 0.15) is 0 Å². The van der Waals surface area contributed by atoms with Crippen molar-refractivity contribution in [1.82, 2.24) is 5.32 Å². The molecule has 1 aromatic rings. The van der Waals surface area contributed by atoms with E-state index in [4.69, 9.17) is 11.6 Å². The second-order valence-electron chi connectivity index (χ2n) is 4.83. The lowest BCUT2D eigenvalue weighted by molar-refractivity contribution is 0.481. The summed E-state index contributed by atoms with van der Waals surface area (Å²) in [6.45, 7) is 5.41. The van der Waals surface area contributed by atoms with E-state index in [0.717, 1.165) is 17.5 Å². The summed E-state index contributed by atoms with van der Waals surface area (Å²) in [4.78, 5) is 0. The average molecular weight is 238 g/mol. The first kappa shape index (κ1) is 11.9. The number of hydrogen-bond donors (Lipinski definition) is 1. The van der Waals surface area contributed by atoms with Crippen LogP contribution in [0.15, 0.2) is 18.2 Å². The first-order valence-corrected chi connectivity index (χ1v) is 6.59. The Morgan fingerprint density at radius 2 is 2.12 bits per heavy atom. The Balaban J connectivity index is 2.16. The number of benzene rings is 1. The first-order chi connectivity index (χ1) is 7.70. The van der Waals surface area contributed by atoms with Gasteiger partial charge in [-0.15, -0.1) is 0 Å². The van der Waals surface area contributed by atoms with Crippen LogP contribution in [0.5, 0.6) is 0 Å². The van der Waals surface area contributed by atoms with Gasteiger partial charge in [-0.1, -0.05) is 24.6 Å². The van der Waals surface area contributed by atoms with Crippen molar-refractivity contribution in [3.05, 3.63) is 34.3 Å². The molecule has 1 aliphatic rings. The van der Waals surface area contributed by atoms with E-state index >= 15 is 0 Å². The third kappa shape index (κ3) is 2.99. The van der Waals surface area contributed by atoms with Crippen molar-refractivity contribution in [2.75, 3.05) is 6.54 Å². The highest BCUT2D eigenvalue weighted by Gasteiger charge is 2.31. The standard InChI is InChI=1S/C14H20ClN/c1-3-6-16-14(11-4-5-11)12-7-10(2)8-13(15)9-12/h7-9,11,14,16H,3-6H2,1-2H3. The SMILES string of the molecule is CCCNC(c1cc(C)cc(Cl)c1)C1CC1. The summed E-state index contributed by atoms with van der Waals surface area (Å²) in [6, 6.07) is 6.91. The number of rotatable bonds is 5. The van der Waals surface area contributed by atoms with E-state index in [2.05, 4.69) is 31.3 Å². The zero-order valence-corrected chi connectivity index (χ0v) is 10.8. The van der Waals surface area contributed by atoms with Gasteiger partial charge >= 0.3 is 0 Å². The van der Waals surface area contributed by atoms with Gasteiger partial charge in [0, 0.05) is 11.1 Å². The number of halogens is 1. The van der Waals surface area contributed by atoms with Crippen LogP contribution in [0.25, 0.3) is 0 Å². The van der Waals surface area contributed by atoms with E-state index in [0.29, 0.717) is 6.04 Å². The van der Waals surface area contributed by atoms with Crippen molar-refractivity contribution in [1.29, 1.82) is 0 Å². The number of hydrogen-bond acceptors (Lipinski definition) is 1. The zero-order chi connectivity index (χ0) is 11.5. The van der Waals surface area contributed by atoms with Gasteiger partial charge in [0.25, 0.3) is 0 Å². The number of aryl methyl sites for hydroxylation is 1. The third-order valence-corrected chi connectivity index (χ3v) is 3.35. The molecule has 88 valence electrons. The van der Waals surface area contributed by atoms with Crippen LogP contribution in [0.3, 0.4) is 0 Å². The summed E-state index contributed by atoms with van der Waals surface area (Å²) in [5.41, 5.74) is 2.62. The Hall–Kier alpha value is -0.530. The molecule has 1 fully saturated rings. The summed E-state index contributed by atoms with van der Waals surface area (Å²) in [5.74, 6) is 0.824. The zero-order valence-electron chi connectivity index (χ0n) is 10.1. The topological polar surface area (TPSA) is 12.0 Å². The average Bonchev–Trinajstić information content (AvgIpc) is 3.01. The molecule has 16 heavy (non-hydrogen) atoms. The molecule has 1 aromatic carbocycles. The van der Waals surface area contributed by atoms with Crippen molar-refractivity contribution < 1.29 is 0 Å². The molecule has 1 unspecified atom stereocenters. The van der Waals surface area contributed by atoms with Crippen molar-refractivity contribution in [3.8, 4) is 0 Å². The van der Waals surface area contributed by atoms with E-state index in [-0.39, 0.29) is 0 Å². The highest BCUT2D eigenvalue weighted by molar-refractivity contribution is 6.30. The first-order valence-electron chi connectivity index (χ1n) is 6.21. The minimum Gasteiger partial charge on any atom is -0.310 e. The smallest absolute Gasteiger partial charge is 0.0411 e. The Morgan fingerprint density at radius 1 is 1.38 bits per heavy atom. The van der Waals surface area contributed by atoms with Crippen molar-refractivity contribution in [3.63, 3.8) is 0 Å². The van der Waals surface area contributed by atoms with Gasteiger partial charge in [-0.25, -0.2) is 0 Å². The van der Waals surface area contributed by atoms with Crippen LogP contribution in [0.2, 0.25) is 5.02 Å². The predicted molar refractivity (Wildman–Crippen MR) is 69.9 cm³/mol. The Morgan fingerprint density at radius 3 is 2.69 bits per heavy atom. The quantitative estimate of drug-likeness (QED) is 0.813. The molecule has 0 bridgehead atoms. The Labute approximate surface area is 103 Å². The lowest BCUT2D eigenvalue weighted by Crippen LogP contribution is -2.23. The van der Waals surface area contributed by atoms with Gasteiger partial charge in [-0.2, -0.15) is 0 Å². The minimum atomic E-state index is 0.511. The molecule has 1 N–H and O–H groups in total. The Kier molecular flexibility index (Phi) is 3.88.